The molecule has 3 aromatic rings. The maximum atomic E-state index is 12.5. The maximum Gasteiger partial charge on any atom is 1.00 e. The second kappa shape index (κ2) is 8.78. The van der Waals surface area contributed by atoms with Crippen LogP contribution in [-0.2, 0) is 10.1 Å². The van der Waals surface area contributed by atoms with Crippen molar-refractivity contribution in [2.24, 2.45) is 10.2 Å². The first-order valence-electron chi connectivity index (χ1n) is 7.75. The molecule has 0 aliphatic rings. The molecule has 0 saturated carbocycles. The molecule has 144 valence electrons. The normalized spacial score (nSPS) is 11.6. The summed E-state index contributed by atoms with van der Waals surface area (Å²) in [6, 6.07) is 10.0. The third-order valence-corrected chi connectivity index (χ3v) is 5.27. The Bertz CT molecular complexity index is 1260. The van der Waals surface area contributed by atoms with Crippen LogP contribution < -0.4 is 34.7 Å². The first-order valence-corrected chi connectivity index (χ1v) is 9.57. The van der Waals surface area contributed by atoms with Gasteiger partial charge in [-0.3, -0.25) is 4.55 Å². The summed E-state index contributed by atoms with van der Waals surface area (Å²) < 4.78 is 32.6. The van der Waals surface area contributed by atoms with Gasteiger partial charge >= 0.3 is 35.5 Å². The van der Waals surface area contributed by atoms with Crippen molar-refractivity contribution in [1.82, 2.24) is 0 Å². The van der Waals surface area contributed by atoms with Gasteiger partial charge in [-0.25, -0.2) is 4.79 Å². The summed E-state index contributed by atoms with van der Waals surface area (Å²) in [7, 11) is -4.66. The van der Waals surface area contributed by atoms with Crippen molar-refractivity contribution in [3.8, 4) is 5.75 Å². The molecular formula is C18H12ClN2NaO6S. The molecule has 0 spiro atoms. The molecule has 0 atom stereocenters. The maximum absolute atomic E-state index is 12.5. The molecule has 0 aromatic heterocycles. The fraction of sp³-hybridized carbons (Fsp3) is 0.0556. The van der Waals surface area contributed by atoms with Gasteiger partial charge in [0.2, 0.25) is 0 Å². The van der Waals surface area contributed by atoms with E-state index in [1.54, 1.807) is 31.2 Å². The van der Waals surface area contributed by atoms with Crippen molar-refractivity contribution < 1.29 is 57.5 Å². The summed E-state index contributed by atoms with van der Waals surface area (Å²) in [5, 5.41) is 30.3. The molecule has 3 rings (SSSR count). The van der Waals surface area contributed by atoms with Gasteiger partial charge in [-0.1, -0.05) is 41.6 Å². The van der Waals surface area contributed by atoms with Crippen molar-refractivity contribution in [2.45, 2.75) is 11.8 Å². The summed E-state index contributed by atoms with van der Waals surface area (Å²) in [5.74, 6) is -2.29. The van der Waals surface area contributed by atoms with Crippen LogP contribution in [0.2, 0.25) is 5.02 Å². The zero-order valence-corrected chi connectivity index (χ0v) is 18.8. The molecule has 2 N–H and O–H groups in total. The van der Waals surface area contributed by atoms with Gasteiger partial charge in [0, 0.05) is 10.4 Å². The molecule has 0 bridgehead atoms. The average molecular weight is 443 g/mol. The molecular weight excluding hydrogens is 431 g/mol. The van der Waals surface area contributed by atoms with Gasteiger partial charge in [0.15, 0.2) is 0 Å². The van der Waals surface area contributed by atoms with Gasteiger partial charge in [0.1, 0.15) is 10.6 Å². The van der Waals surface area contributed by atoms with Crippen molar-refractivity contribution in [3.05, 3.63) is 58.6 Å². The van der Waals surface area contributed by atoms with Crippen LogP contribution >= 0.6 is 11.6 Å². The molecule has 0 heterocycles. The van der Waals surface area contributed by atoms with Gasteiger partial charge in [-0.2, -0.15) is 13.5 Å². The van der Waals surface area contributed by atoms with E-state index in [1.165, 1.54) is 12.1 Å². The summed E-state index contributed by atoms with van der Waals surface area (Å²) >= 11 is 5.90. The molecule has 0 radical (unpaired) electrons. The van der Waals surface area contributed by atoms with E-state index in [-0.39, 0.29) is 46.0 Å². The molecule has 8 nitrogen and oxygen atoms in total. The number of fused-ring (bicyclic) bond motifs is 1. The molecule has 0 aliphatic heterocycles. The van der Waals surface area contributed by atoms with Gasteiger partial charge in [0.05, 0.1) is 11.3 Å². The Morgan fingerprint density at radius 2 is 1.79 bits per heavy atom. The fourth-order valence-electron chi connectivity index (χ4n) is 2.60. The van der Waals surface area contributed by atoms with Gasteiger partial charge in [0.25, 0.3) is 10.1 Å². The molecule has 0 saturated heterocycles. The standard InChI is InChI=1S/C18H13ClN2O6S.Na/c1-9-6-14(15(8-13(9)19)28(25,26)27)20-21-16-11-5-3-2-4-10(11)7-12(17(16)22)18(23)24;/h2-8,22H,1H3,(H,23,24)(H,25,26,27);/q;+1/p-1. The van der Waals surface area contributed by atoms with Crippen molar-refractivity contribution in [3.63, 3.8) is 0 Å². The van der Waals surface area contributed by atoms with E-state index in [9.17, 15) is 28.0 Å². The number of benzene rings is 3. The third kappa shape index (κ3) is 4.77. The van der Waals surface area contributed by atoms with Gasteiger partial charge in [-0.05, 0) is 36.1 Å². The summed E-state index contributed by atoms with van der Waals surface area (Å²) in [4.78, 5) is 10.8. The van der Waals surface area contributed by atoms with Crippen LogP contribution in [0.4, 0.5) is 11.4 Å². The summed E-state index contributed by atoms with van der Waals surface area (Å²) in [6.07, 6.45) is 0. The average Bonchev–Trinajstić information content (AvgIpc) is 2.61. The van der Waals surface area contributed by atoms with E-state index < -0.39 is 32.3 Å². The molecule has 0 amide bonds. The summed E-state index contributed by atoms with van der Waals surface area (Å²) in [6.45, 7) is 1.59. The Hall–Kier alpha value is -2.01. The van der Waals surface area contributed by atoms with Crippen LogP contribution in [0.3, 0.4) is 0 Å². The van der Waals surface area contributed by atoms with Gasteiger partial charge < -0.3 is 10.2 Å². The summed E-state index contributed by atoms with van der Waals surface area (Å²) in [5.41, 5.74) is -0.526. The Morgan fingerprint density at radius 3 is 2.41 bits per heavy atom. The van der Waals surface area contributed by atoms with Crippen molar-refractivity contribution >= 4 is 49.8 Å². The van der Waals surface area contributed by atoms with E-state index in [4.69, 9.17) is 11.6 Å². The zero-order chi connectivity index (χ0) is 20.6. The molecule has 11 heteroatoms. The van der Waals surface area contributed by atoms with Crippen LogP contribution in [-0.4, -0.2) is 24.0 Å². The zero-order valence-electron chi connectivity index (χ0n) is 15.2. The number of carbonyl (C=O) groups is 1. The molecule has 0 fully saturated rings. The van der Waals surface area contributed by atoms with E-state index in [2.05, 4.69) is 10.2 Å². The Balaban J connectivity index is 0.00000300. The number of carboxylic acids is 1. The minimum absolute atomic E-state index is 0. The van der Waals surface area contributed by atoms with Crippen LogP contribution in [0, 0.1) is 6.92 Å². The predicted octanol–water partition coefficient (Wildman–Crippen LogP) is 1.24. The minimum atomic E-state index is -4.66. The number of rotatable bonds is 4. The van der Waals surface area contributed by atoms with E-state index >= 15 is 0 Å². The topological polar surface area (TPSA) is 139 Å². The molecule has 29 heavy (non-hydrogen) atoms. The van der Waals surface area contributed by atoms with Crippen LogP contribution in [0.25, 0.3) is 10.8 Å². The first kappa shape index (κ1) is 23.3. The minimum Gasteiger partial charge on any atom is -0.870 e. The second-order valence-electron chi connectivity index (χ2n) is 5.87. The number of nitrogens with zero attached hydrogens (tertiary/aromatic N) is 2. The van der Waals surface area contributed by atoms with E-state index in [1.807, 2.05) is 0 Å². The molecule has 0 aliphatic carbocycles. The van der Waals surface area contributed by atoms with Crippen LogP contribution in [0.15, 0.2) is 57.6 Å². The Kier molecular flexibility index (Phi) is 7.05. The van der Waals surface area contributed by atoms with E-state index in [0.717, 1.165) is 6.07 Å². The largest absolute Gasteiger partial charge is 1.00 e. The first-order chi connectivity index (χ1) is 13.1. The number of halogens is 1. The van der Waals surface area contributed by atoms with Crippen LogP contribution in [0.1, 0.15) is 15.9 Å². The quantitative estimate of drug-likeness (QED) is 0.354. The number of aryl methyl sites for hydroxylation is 1. The fourth-order valence-corrected chi connectivity index (χ4v) is 3.46. The third-order valence-electron chi connectivity index (χ3n) is 3.98. The van der Waals surface area contributed by atoms with E-state index in [0.29, 0.717) is 16.3 Å². The van der Waals surface area contributed by atoms with Crippen molar-refractivity contribution in [1.29, 1.82) is 0 Å². The second-order valence-corrected chi connectivity index (χ2v) is 7.67. The monoisotopic (exact) mass is 442 g/mol. The number of azo groups is 1. The molecule has 3 aromatic carbocycles. The number of aromatic carboxylic acids is 1. The predicted molar refractivity (Wildman–Crippen MR) is 101 cm³/mol. The van der Waals surface area contributed by atoms with Crippen molar-refractivity contribution in [2.75, 3.05) is 0 Å². The SMILES string of the molecule is Cc1cc(N=Nc2c([O-])c(C(=O)O)cc3ccccc23)c(S(=O)(=O)O)cc1Cl.[Na+]. The van der Waals surface area contributed by atoms with Gasteiger partial charge in [-0.15, -0.1) is 5.11 Å². The number of hydrogen-bond donors (Lipinski definition) is 2. The molecule has 0 unspecified atom stereocenters. The number of carboxylic acid groups (broad SMARTS) is 1. The smallest absolute Gasteiger partial charge is 0.870 e. The Morgan fingerprint density at radius 1 is 1.14 bits per heavy atom. The van der Waals surface area contributed by atoms with Crippen LogP contribution in [0.5, 0.6) is 5.75 Å². The number of hydrogen-bond acceptors (Lipinski definition) is 6. The Labute approximate surface area is 192 Å².